The molecule has 0 spiro atoms. The van der Waals surface area contributed by atoms with E-state index in [0.717, 1.165) is 43.4 Å². The zero-order valence-electron chi connectivity index (χ0n) is 12.5. The van der Waals surface area contributed by atoms with E-state index in [1.807, 2.05) is 30.3 Å². The normalized spacial score (nSPS) is 15.0. The number of halogens is 1. The third-order valence-corrected chi connectivity index (χ3v) is 3.57. The molecule has 1 saturated heterocycles. The van der Waals surface area contributed by atoms with Gasteiger partial charge in [0, 0.05) is 13.1 Å². The van der Waals surface area contributed by atoms with Gasteiger partial charge in [0.05, 0.1) is 38.4 Å². The van der Waals surface area contributed by atoms with Crippen LogP contribution < -0.4 is 9.64 Å². The number of methoxy groups -OCH3 is 1. The lowest BCUT2D eigenvalue weighted by atomic mass is 10.2. The van der Waals surface area contributed by atoms with Gasteiger partial charge >= 0.3 is 0 Å². The summed E-state index contributed by atoms with van der Waals surface area (Å²) in [4.78, 5) is 2.33. The van der Waals surface area contributed by atoms with Gasteiger partial charge in [0.2, 0.25) is 0 Å². The molecule has 0 unspecified atom stereocenters. The van der Waals surface area contributed by atoms with Gasteiger partial charge in [-0.05, 0) is 24.3 Å². The van der Waals surface area contributed by atoms with Crippen molar-refractivity contribution < 1.29 is 9.15 Å². The van der Waals surface area contributed by atoms with Crippen LogP contribution in [0.1, 0.15) is 5.76 Å². The summed E-state index contributed by atoms with van der Waals surface area (Å²) in [5.41, 5.74) is 1.15. The molecule has 22 heavy (non-hydrogen) atoms. The van der Waals surface area contributed by atoms with Crippen LogP contribution in [0.2, 0.25) is 0 Å². The predicted octanol–water partition coefficient (Wildman–Crippen LogP) is 2.87. The molecule has 118 valence electrons. The molecular weight excluding hydrogens is 302 g/mol. The number of hydrogen-bond acceptors (Lipinski definition) is 5. The van der Waals surface area contributed by atoms with Crippen molar-refractivity contribution in [1.29, 1.82) is 0 Å². The second kappa shape index (κ2) is 7.75. The number of rotatable bonds is 4. The number of benzene rings is 1. The number of para-hydroxylation sites is 2. The summed E-state index contributed by atoms with van der Waals surface area (Å²) in [6.07, 6.45) is 3.42. The first-order valence-electron chi connectivity index (χ1n) is 7.07. The van der Waals surface area contributed by atoms with Crippen LogP contribution in [-0.4, -0.2) is 44.5 Å². The first-order chi connectivity index (χ1) is 10.4. The maximum atomic E-state index is 5.42. The lowest BCUT2D eigenvalue weighted by Crippen LogP contribution is -2.44. The number of anilines is 1. The summed E-state index contributed by atoms with van der Waals surface area (Å²) >= 11 is 0. The van der Waals surface area contributed by atoms with E-state index >= 15 is 0 Å². The summed E-state index contributed by atoms with van der Waals surface area (Å²) in [6, 6.07) is 11.9. The predicted molar refractivity (Wildman–Crippen MR) is 90.3 cm³/mol. The number of hydrazone groups is 1. The van der Waals surface area contributed by atoms with E-state index in [9.17, 15) is 0 Å². The Hall–Kier alpha value is -2.14. The number of ether oxygens (including phenoxy) is 1. The number of hydrogen-bond donors (Lipinski definition) is 0. The fourth-order valence-corrected chi connectivity index (χ4v) is 2.45. The third-order valence-electron chi connectivity index (χ3n) is 3.57. The van der Waals surface area contributed by atoms with Crippen molar-refractivity contribution in [2.45, 2.75) is 0 Å². The molecule has 1 aliphatic rings. The van der Waals surface area contributed by atoms with Gasteiger partial charge in [-0.15, -0.1) is 12.4 Å². The van der Waals surface area contributed by atoms with Crippen molar-refractivity contribution in [3.8, 4) is 5.75 Å². The molecule has 5 nitrogen and oxygen atoms in total. The molecule has 0 radical (unpaired) electrons. The van der Waals surface area contributed by atoms with Gasteiger partial charge < -0.3 is 14.1 Å². The van der Waals surface area contributed by atoms with E-state index in [-0.39, 0.29) is 12.4 Å². The Morgan fingerprint density at radius 1 is 1.09 bits per heavy atom. The van der Waals surface area contributed by atoms with Crippen LogP contribution in [0.3, 0.4) is 0 Å². The second-order valence-corrected chi connectivity index (χ2v) is 4.87. The Labute approximate surface area is 136 Å². The zero-order valence-corrected chi connectivity index (χ0v) is 13.3. The minimum Gasteiger partial charge on any atom is -0.495 e. The molecule has 0 N–H and O–H groups in total. The molecule has 3 rings (SSSR count). The Bertz CT molecular complexity index is 593. The lowest BCUT2D eigenvalue weighted by molar-refractivity contribution is 0.270. The van der Waals surface area contributed by atoms with Crippen molar-refractivity contribution >= 4 is 24.3 Å². The highest BCUT2D eigenvalue weighted by Crippen LogP contribution is 2.28. The van der Waals surface area contributed by atoms with Crippen molar-refractivity contribution in [3.63, 3.8) is 0 Å². The Morgan fingerprint density at radius 2 is 1.86 bits per heavy atom. The Morgan fingerprint density at radius 3 is 2.55 bits per heavy atom. The van der Waals surface area contributed by atoms with Gasteiger partial charge in [-0.25, -0.2) is 0 Å². The van der Waals surface area contributed by atoms with Gasteiger partial charge in [0.1, 0.15) is 11.5 Å². The third kappa shape index (κ3) is 3.74. The molecule has 1 fully saturated rings. The molecule has 2 aromatic rings. The van der Waals surface area contributed by atoms with E-state index in [4.69, 9.17) is 9.15 Å². The molecule has 2 heterocycles. The van der Waals surface area contributed by atoms with Crippen LogP contribution in [0.4, 0.5) is 5.69 Å². The molecule has 1 aliphatic heterocycles. The Balaban J connectivity index is 0.00000176. The first kappa shape index (κ1) is 16.2. The van der Waals surface area contributed by atoms with Crippen LogP contribution in [0.25, 0.3) is 0 Å². The quantitative estimate of drug-likeness (QED) is 0.812. The fraction of sp³-hybridized carbons (Fsp3) is 0.312. The number of nitrogens with zero attached hydrogens (tertiary/aromatic N) is 3. The van der Waals surface area contributed by atoms with Gasteiger partial charge in [-0.1, -0.05) is 12.1 Å². The SMILES string of the molecule is COc1ccccc1N1CCN(/N=C\c2ccco2)CC1.Cl. The molecule has 0 saturated carbocycles. The smallest absolute Gasteiger partial charge is 0.146 e. The molecular formula is C16H20ClN3O2. The molecule has 1 aromatic heterocycles. The average Bonchev–Trinajstić information content (AvgIpc) is 3.07. The Kier molecular flexibility index (Phi) is 5.72. The van der Waals surface area contributed by atoms with Gasteiger partial charge in [0.15, 0.2) is 0 Å². The summed E-state index contributed by atoms with van der Waals surface area (Å²) in [5, 5.41) is 6.52. The summed E-state index contributed by atoms with van der Waals surface area (Å²) < 4.78 is 10.7. The van der Waals surface area contributed by atoms with Crippen LogP contribution in [0.15, 0.2) is 52.2 Å². The fourth-order valence-electron chi connectivity index (χ4n) is 2.45. The van der Waals surface area contributed by atoms with Gasteiger partial charge in [-0.2, -0.15) is 5.10 Å². The average molecular weight is 322 g/mol. The summed E-state index contributed by atoms with van der Waals surface area (Å²) in [6.45, 7) is 3.62. The van der Waals surface area contributed by atoms with Crippen molar-refractivity contribution in [3.05, 3.63) is 48.4 Å². The summed E-state index contributed by atoms with van der Waals surface area (Å²) in [7, 11) is 1.71. The van der Waals surface area contributed by atoms with Crippen molar-refractivity contribution in [2.24, 2.45) is 5.10 Å². The van der Waals surface area contributed by atoms with E-state index in [1.54, 1.807) is 19.6 Å². The maximum Gasteiger partial charge on any atom is 0.146 e. The number of furan rings is 1. The van der Waals surface area contributed by atoms with Gasteiger partial charge in [0.25, 0.3) is 0 Å². The largest absolute Gasteiger partial charge is 0.495 e. The first-order valence-corrected chi connectivity index (χ1v) is 7.07. The van der Waals surface area contributed by atoms with Crippen LogP contribution in [0, 0.1) is 0 Å². The van der Waals surface area contributed by atoms with E-state index in [1.165, 1.54) is 0 Å². The van der Waals surface area contributed by atoms with Crippen LogP contribution >= 0.6 is 12.4 Å². The van der Waals surface area contributed by atoms with Crippen LogP contribution in [-0.2, 0) is 0 Å². The topological polar surface area (TPSA) is 41.2 Å². The van der Waals surface area contributed by atoms with Gasteiger partial charge in [-0.3, -0.25) is 5.01 Å². The standard InChI is InChI=1S/C16H19N3O2.ClH/c1-20-16-7-3-2-6-15(16)18-8-10-19(11-9-18)17-13-14-5-4-12-21-14;/h2-7,12-13H,8-11H2,1H3;1H/b17-13-;. The van der Waals surface area contributed by atoms with Crippen molar-refractivity contribution in [1.82, 2.24) is 5.01 Å². The molecule has 0 aliphatic carbocycles. The van der Waals surface area contributed by atoms with Crippen LogP contribution in [0.5, 0.6) is 5.75 Å². The highest BCUT2D eigenvalue weighted by Gasteiger charge is 2.18. The van der Waals surface area contributed by atoms with E-state index in [2.05, 4.69) is 21.1 Å². The van der Waals surface area contributed by atoms with E-state index < -0.39 is 0 Å². The highest BCUT2D eigenvalue weighted by atomic mass is 35.5. The minimum atomic E-state index is 0. The molecule has 1 aromatic carbocycles. The second-order valence-electron chi connectivity index (χ2n) is 4.87. The minimum absolute atomic E-state index is 0. The molecule has 0 bridgehead atoms. The monoisotopic (exact) mass is 321 g/mol. The molecule has 0 amide bonds. The highest BCUT2D eigenvalue weighted by molar-refractivity contribution is 5.85. The van der Waals surface area contributed by atoms with E-state index in [0.29, 0.717) is 0 Å². The maximum absolute atomic E-state index is 5.42. The summed E-state index contributed by atoms with van der Waals surface area (Å²) in [5.74, 6) is 1.70. The lowest BCUT2D eigenvalue weighted by Gasteiger charge is -2.35. The zero-order chi connectivity index (χ0) is 14.5. The molecule has 6 heteroatoms. The molecule has 0 atom stereocenters. The number of piperazine rings is 1. The van der Waals surface area contributed by atoms with Crippen molar-refractivity contribution in [2.75, 3.05) is 38.2 Å².